The van der Waals surface area contributed by atoms with Crippen LogP contribution in [0.5, 0.6) is 23.0 Å². The Bertz CT molecular complexity index is 1020. The van der Waals surface area contributed by atoms with E-state index in [4.69, 9.17) is 18.9 Å². The van der Waals surface area contributed by atoms with Gasteiger partial charge in [-0.3, -0.25) is 19.2 Å². The number of ketones is 2. The first kappa shape index (κ1) is 25.1. The number of carbonyl (C=O) groups is 4. The van der Waals surface area contributed by atoms with E-state index in [1.54, 1.807) is 36.4 Å². The average Bonchev–Trinajstić information content (AvgIpc) is 2.76. The molecule has 0 radical (unpaired) electrons. The fourth-order valence-electron chi connectivity index (χ4n) is 2.72. The van der Waals surface area contributed by atoms with Crippen LogP contribution in [0.4, 0.5) is 0 Å². The van der Waals surface area contributed by atoms with Crippen molar-refractivity contribution in [3.63, 3.8) is 0 Å². The van der Waals surface area contributed by atoms with Gasteiger partial charge in [0, 0.05) is 13.8 Å². The van der Waals surface area contributed by atoms with E-state index in [0.717, 1.165) is 0 Å². The van der Waals surface area contributed by atoms with E-state index >= 15 is 0 Å². The minimum absolute atomic E-state index is 0.270. The summed E-state index contributed by atoms with van der Waals surface area (Å²) >= 11 is 0. The highest BCUT2D eigenvalue weighted by Crippen LogP contribution is 2.29. The third kappa shape index (κ3) is 8.10. The molecule has 0 N–H and O–H groups in total. The number of esters is 2. The topological polar surface area (TPSA) is 105 Å². The fourth-order valence-corrected chi connectivity index (χ4v) is 2.72. The molecule has 0 aliphatic heterocycles. The number of ether oxygens (including phenoxy) is 4. The lowest BCUT2D eigenvalue weighted by Crippen LogP contribution is -2.03. The van der Waals surface area contributed by atoms with Crippen LogP contribution in [0.1, 0.15) is 31.4 Å². The molecule has 2 rings (SSSR count). The first-order valence-electron chi connectivity index (χ1n) is 9.86. The maximum absolute atomic E-state index is 12.1. The molecular weight excluding hydrogens is 428 g/mol. The molecule has 172 valence electrons. The van der Waals surface area contributed by atoms with Crippen molar-refractivity contribution in [2.24, 2.45) is 0 Å². The number of allylic oxidation sites excluding steroid dienone is 2. The molecule has 0 atom stereocenters. The second kappa shape index (κ2) is 12.0. The minimum atomic E-state index is -0.475. The van der Waals surface area contributed by atoms with Crippen molar-refractivity contribution in [1.82, 2.24) is 0 Å². The zero-order chi connectivity index (χ0) is 24.4. The molecule has 0 fully saturated rings. The molecule has 8 nitrogen and oxygen atoms in total. The summed E-state index contributed by atoms with van der Waals surface area (Å²) in [6.07, 6.45) is 5.36. The van der Waals surface area contributed by atoms with Gasteiger partial charge in [-0.25, -0.2) is 0 Å². The molecule has 0 spiro atoms. The first-order chi connectivity index (χ1) is 15.7. The summed E-state index contributed by atoms with van der Waals surface area (Å²) in [4.78, 5) is 46.5. The van der Waals surface area contributed by atoms with Crippen LogP contribution in [0.15, 0.2) is 48.6 Å². The zero-order valence-electron chi connectivity index (χ0n) is 18.7. The van der Waals surface area contributed by atoms with Crippen LogP contribution in [-0.2, 0) is 19.2 Å². The highest BCUT2D eigenvalue weighted by Gasteiger charge is 2.09. The molecule has 0 aliphatic rings. The lowest BCUT2D eigenvalue weighted by molar-refractivity contribution is -0.132. The van der Waals surface area contributed by atoms with Gasteiger partial charge < -0.3 is 18.9 Å². The first-order valence-corrected chi connectivity index (χ1v) is 9.86. The van der Waals surface area contributed by atoms with Gasteiger partial charge in [-0.2, -0.15) is 0 Å². The minimum Gasteiger partial charge on any atom is -0.493 e. The van der Waals surface area contributed by atoms with E-state index in [2.05, 4.69) is 0 Å². The molecule has 0 amide bonds. The normalized spacial score (nSPS) is 10.8. The molecule has 0 saturated heterocycles. The van der Waals surface area contributed by atoms with Gasteiger partial charge in [0.1, 0.15) is 0 Å². The SMILES string of the molecule is COc1cc(C=CC(=O)CC(=O)C=Cc2ccc(OC(C)=O)c(OC)c2)ccc1OC(C)=O. The van der Waals surface area contributed by atoms with Gasteiger partial charge >= 0.3 is 11.9 Å². The number of benzene rings is 2. The Morgan fingerprint density at radius 1 is 0.667 bits per heavy atom. The average molecular weight is 452 g/mol. The molecule has 2 aromatic carbocycles. The van der Waals surface area contributed by atoms with Crippen molar-refractivity contribution in [2.75, 3.05) is 14.2 Å². The highest BCUT2D eigenvalue weighted by molar-refractivity contribution is 6.10. The van der Waals surface area contributed by atoms with Gasteiger partial charge in [0.2, 0.25) is 0 Å². The summed E-state index contributed by atoms with van der Waals surface area (Å²) in [7, 11) is 2.87. The molecule has 0 aliphatic carbocycles. The van der Waals surface area contributed by atoms with Gasteiger partial charge in [0.05, 0.1) is 20.6 Å². The predicted molar refractivity (Wildman–Crippen MR) is 121 cm³/mol. The lowest BCUT2D eigenvalue weighted by Gasteiger charge is -2.08. The van der Waals surface area contributed by atoms with E-state index in [9.17, 15) is 19.2 Å². The Labute approximate surface area is 191 Å². The Morgan fingerprint density at radius 3 is 1.39 bits per heavy atom. The van der Waals surface area contributed by atoms with Crippen LogP contribution in [0.25, 0.3) is 12.2 Å². The summed E-state index contributed by atoms with van der Waals surface area (Å²) in [5, 5.41) is 0. The van der Waals surface area contributed by atoms with Crippen LogP contribution in [-0.4, -0.2) is 37.7 Å². The van der Waals surface area contributed by atoms with E-state index < -0.39 is 11.9 Å². The van der Waals surface area contributed by atoms with Gasteiger partial charge in [-0.05, 0) is 47.5 Å². The standard InChI is InChI=1S/C25H24O8/c1-16(26)32-22-11-7-18(13-24(22)30-3)5-9-20(28)15-21(29)10-6-19-8-12-23(33-17(2)27)25(14-19)31-4/h5-14H,15H2,1-4H3. The van der Waals surface area contributed by atoms with Gasteiger partial charge in [0.25, 0.3) is 0 Å². The zero-order valence-corrected chi connectivity index (χ0v) is 18.7. The lowest BCUT2D eigenvalue weighted by atomic mass is 10.1. The summed E-state index contributed by atoms with van der Waals surface area (Å²) in [6, 6.07) is 9.63. The molecule has 0 unspecified atom stereocenters. The van der Waals surface area contributed by atoms with Crippen LogP contribution < -0.4 is 18.9 Å². The smallest absolute Gasteiger partial charge is 0.308 e. The van der Waals surface area contributed by atoms with E-state index in [0.29, 0.717) is 22.6 Å². The summed E-state index contributed by atoms with van der Waals surface area (Å²) in [5.74, 6) is -0.485. The Morgan fingerprint density at radius 2 is 1.06 bits per heavy atom. The number of methoxy groups -OCH3 is 2. The predicted octanol–water partition coefficient (Wildman–Crippen LogP) is 3.81. The third-order valence-electron chi connectivity index (χ3n) is 4.15. The molecule has 2 aromatic rings. The van der Waals surface area contributed by atoms with Crippen LogP contribution in [0.2, 0.25) is 0 Å². The van der Waals surface area contributed by atoms with Crippen LogP contribution in [0.3, 0.4) is 0 Å². The number of rotatable bonds is 10. The summed E-state index contributed by atoms with van der Waals surface area (Å²) < 4.78 is 20.4. The summed E-state index contributed by atoms with van der Waals surface area (Å²) in [6.45, 7) is 2.57. The maximum Gasteiger partial charge on any atom is 0.308 e. The van der Waals surface area contributed by atoms with Crippen molar-refractivity contribution in [3.8, 4) is 23.0 Å². The quantitative estimate of drug-likeness (QED) is 0.232. The fraction of sp³-hybridized carbons (Fsp3) is 0.200. The largest absolute Gasteiger partial charge is 0.493 e. The molecule has 33 heavy (non-hydrogen) atoms. The van der Waals surface area contributed by atoms with Crippen molar-refractivity contribution in [2.45, 2.75) is 20.3 Å². The molecular formula is C25H24O8. The molecule has 0 aromatic heterocycles. The second-order valence-corrected chi connectivity index (χ2v) is 6.78. The molecule has 8 heteroatoms. The van der Waals surface area contributed by atoms with Crippen molar-refractivity contribution < 1.29 is 38.1 Å². The van der Waals surface area contributed by atoms with Crippen molar-refractivity contribution in [3.05, 3.63) is 59.7 Å². The molecule has 0 bridgehead atoms. The van der Waals surface area contributed by atoms with Crippen molar-refractivity contribution >= 4 is 35.7 Å². The number of hydrogen-bond acceptors (Lipinski definition) is 8. The van der Waals surface area contributed by atoms with Crippen LogP contribution in [0, 0.1) is 0 Å². The summed E-state index contributed by atoms with van der Waals surface area (Å²) in [5.41, 5.74) is 1.28. The maximum atomic E-state index is 12.1. The molecule has 0 saturated carbocycles. The van der Waals surface area contributed by atoms with E-state index in [-0.39, 0.29) is 29.5 Å². The second-order valence-electron chi connectivity index (χ2n) is 6.78. The Kier molecular flexibility index (Phi) is 9.11. The van der Waals surface area contributed by atoms with Gasteiger partial charge in [-0.1, -0.05) is 24.3 Å². The number of carbonyl (C=O) groups excluding carboxylic acids is 4. The van der Waals surface area contributed by atoms with E-state index in [1.165, 1.54) is 52.4 Å². The highest BCUT2D eigenvalue weighted by atomic mass is 16.6. The molecule has 0 heterocycles. The Balaban J connectivity index is 2.00. The Hall–Kier alpha value is -4.20. The third-order valence-corrected chi connectivity index (χ3v) is 4.15. The van der Waals surface area contributed by atoms with Gasteiger partial charge in [0.15, 0.2) is 34.6 Å². The van der Waals surface area contributed by atoms with E-state index in [1.807, 2.05) is 0 Å². The van der Waals surface area contributed by atoms with Crippen LogP contribution >= 0.6 is 0 Å². The monoisotopic (exact) mass is 452 g/mol. The van der Waals surface area contributed by atoms with Crippen molar-refractivity contribution in [1.29, 1.82) is 0 Å². The number of hydrogen-bond donors (Lipinski definition) is 0. The van der Waals surface area contributed by atoms with Gasteiger partial charge in [-0.15, -0.1) is 0 Å².